The van der Waals surface area contributed by atoms with Gasteiger partial charge in [-0.05, 0) is 44.9 Å². The predicted molar refractivity (Wildman–Crippen MR) is 111 cm³/mol. The Morgan fingerprint density at radius 3 is 2.69 bits per heavy atom. The molecule has 3 aromatic heterocycles. The van der Waals surface area contributed by atoms with Crippen LogP contribution in [0, 0.1) is 20.8 Å². The average Bonchev–Trinajstić information content (AvgIpc) is 3.27. The highest BCUT2D eigenvalue weighted by molar-refractivity contribution is 6.07. The molecular weight excluding hydrogens is 366 g/mol. The van der Waals surface area contributed by atoms with E-state index in [1.807, 2.05) is 27.1 Å². The molecular formula is C22H23N5O2. The number of carbonyl (C=O) groups is 1. The summed E-state index contributed by atoms with van der Waals surface area (Å²) in [6.07, 6.45) is 3.55. The number of hydrogen-bond donors (Lipinski definition) is 1. The SMILES string of the molecule is Cc1ccc([C@@H](C)NC(=O)c2cc(-c3cnn(C)c3)nc3onc(C)c23)c(C)c1. The molecule has 4 aromatic rings. The second kappa shape index (κ2) is 7.16. The first-order valence-electron chi connectivity index (χ1n) is 9.47. The molecule has 0 radical (unpaired) electrons. The second-order valence-corrected chi connectivity index (χ2v) is 7.46. The molecule has 0 aliphatic heterocycles. The van der Waals surface area contributed by atoms with E-state index in [-0.39, 0.29) is 11.9 Å². The zero-order valence-corrected chi connectivity index (χ0v) is 17.1. The van der Waals surface area contributed by atoms with Crippen LogP contribution in [0.5, 0.6) is 0 Å². The van der Waals surface area contributed by atoms with Crippen molar-refractivity contribution in [3.63, 3.8) is 0 Å². The number of fused-ring (bicyclic) bond motifs is 1. The van der Waals surface area contributed by atoms with Crippen molar-refractivity contribution in [2.75, 3.05) is 0 Å². The number of amides is 1. The minimum atomic E-state index is -0.193. The van der Waals surface area contributed by atoms with Crippen LogP contribution in [-0.4, -0.2) is 25.8 Å². The Kier molecular flexibility index (Phi) is 4.66. The highest BCUT2D eigenvalue weighted by atomic mass is 16.5. The molecule has 1 aromatic carbocycles. The lowest BCUT2D eigenvalue weighted by atomic mass is 9.99. The molecule has 29 heavy (non-hydrogen) atoms. The molecule has 1 N–H and O–H groups in total. The van der Waals surface area contributed by atoms with Crippen molar-refractivity contribution >= 4 is 17.0 Å². The zero-order valence-electron chi connectivity index (χ0n) is 17.1. The summed E-state index contributed by atoms with van der Waals surface area (Å²) in [4.78, 5) is 17.8. The minimum Gasteiger partial charge on any atom is -0.345 e. The van der Waals surface area contributed by atoms with Crippen LogP contribution in [0.4, 0.5) is 0 Å². The van der Waals surface area contributed by atoms with Crippen molar-refractivity contribution in [3.05, 3.63) is 64.6 Å². The number of benzene rings is 1. The molecule has 0 unspecified atom stereocenters. The monoisotopic (exact) mass is 389 g/mol. The largest absolute Gasteiger partial charge is 0.345 e. The first kappa shape index (κ1) is 18.9. The number of nitrogens with one attached hydrogen (secondary N) is 1. The summed E-state index contributed by atoms with van der Waals surface area (Å²) in [5.74, 6) is -0.193. The number of aryl methyl sites for hydroxylation is 4. The molecule has 1 amide bonds. The van der Waals surface area contributed by atoms with Gasteiger partial charge in [-0.2, -0.15) is 5.10 Å². The van der Waals surface area contributed by atoms with Gasteiger partial charge in [0.1, 0.15) is 0 Å². The van der Waals surface area contributed by atoms with Gasteiger partial charge in [0.25, 0.3) is 11.6 Å². The Morgan fingerprint density at radius 1 is 1.21 bits per heavy atom. The van der Waals surface area contributed by atoms with E-state index in [0.717, 1.165) is 16.7 Å². The maximum Gasteiger partial charge on any atom is 0.259 e. The Labute approximate surface area is 168 Å². The van der Waals surface area contributed by atoms with E-state index < -0.39 is 0 Å². The second-order valence-electron chi connectivity index (χ2n) is 7.46. The quantitative estimate of drug-likeness (QED) is 0.569. The fraction of sp³-hybridized carbons (Fsp3) is 0.273. The van der Waals surface area contributed by atoms with Crippen LogP contribution in [0.25, 0.3) is 22.4 Å². The van der Waals surface area contributed by atoms with Gasteiger partial charge in [0.15, 0.2) is 0 Å². The van der Waals surface area contributed by atoms with E-state index in [4.69, 9.17) is 4.52 Å². The Hall–Kier alpha value is -3.48. The van der Waals surface area contributed by atoms with E-state index in [1.165, 1.54) is 5.56 Å². The van der Waals surface area contributed by atoms with Gasteiger partial charge < -0.3 is 9.84 Å². The first-order chi connectivity index (χ1) is 13.8. The van der Waals surface area contributed by atoms with E-state index in [0.29, 0.717) is 28.1 Å². The van der Waals surface area contributed by atoms with Gasteiger partial charge in [-0.1, -0.05) is 28.9 Å². The fourth-order valence-electron chi connectivity index (χ4n) is 3.64. The standard InChI is InChI=1S/C22H23N5O2/c1-12-6-7-17(13(2)8-12)14(3)24-21(28)18-9-19(16-10-23-27(5)11-16)25-22-20(18)15(4)26-29-22/h6-11,14H,1-5H3,(H,24,28)/t14-/m1/s1. The third-order valence-corrected chi connectivity index (χ3v) is 5.10. The fourth-order valence-corrected chi connectivity index (χ4v) is 3.64. The van der Waals surface area contributed by atoms with Crippen LogP contribution in [0.15, 0.2) is 41.2 Å². The van der Waals surface area contributed by atoms with E-state index in [9.17, 15) is 4.79 Å². The predicted octanol–water partition coefficient (Wildman–Crippen LogP) is 4.04. The Bertz CT molecular complexity index is 1220. The topological polar surface area (TPSA) is 85.8 Å². The van der Waals surface area contributed by atoms with E-state index in [1.54, 1.807) is 16.9 Å². The summed E-state index contributed by atoms with van der Waals surface area (Å²) < 4.78 is 7.05. The Morgan fingerprint density at radius 2 is 2.00 bits per heavy atom. The lowest BCUT2D eigenvalue weighted by Crippen LogP contribution is -2.27. The number of carbonyl (C=O) groups excluding carboxylic acids is 1. The lowest BCUT2D eigenvalue weighted by molar-refractivity contribution is 0.0941. The molecule has 7 nitrogen and oxygen atoms in total. The van der Waals surface area contributed by atoms with Gasteiger partial charge >= 0.3 is 0 Å². The molecule has 0 saturated heterocycles. The van der Waals surface area contributed by atoms with Crippen molar-refractivity contribution in [2.45, 2.75) is 33.7 Å². The number of aromatic nitrogens is 4. The van der Waals surface area contributed by atoms with Crippen LogP contribution in [0.2, 0.25) is 0 Å². The normalized spacial score (nSPS) is 12.3. The number of nitrogens with zero attached hydrogens (tertiary/aromatic N) is 4. The smallest absolute Gasteiger partial charge is 0.259 e. The molecule has 0 spiro atoms. The lowest BCUT2D eigenvalue weighted by Gasteiger charge is -2.17. The zero-order chi connectivity index (χ0) is 20.7. The maximum absolute atomic E-state index is 13.2. The van der Waals surface area contributed by atoms with Gasteiger partial charge in [-0.25, -0.2) is 4.98 Å². The van der Waals surface area contributed by atoms with Gasteiger partial charge in [-0.15, -0.1) is 0 Å². The molecule has 7 heteroatoms. The molecule has 3 heterocycles. The van der Waals surface area contributed by atoms with Crippen LogP contribution >= 0.6 is 0 Å². The Balaban J connectivity index is 1.73. The summed E-state index contributed by atoms with van der Waals surface area (Å²) in [7, 11) is 1.83. The molecule has 1 atom stereocenters. The summed E-state index contributed by atoms with van der Waals surface area (Å²) in [5, 5.41) is 11.9. The summed E-state index contributed by atoms with van der Waals surface area (Å²) >= 11 is 0. The molecule has 4 rings (SSSR count). The van der Waals surface area contributed by atoms with Crippen LogP contribution in [0.1, 0.15) is 45.7 Å². The van der Waals surface area contributed by atoms with E-state index in [2.05, 4.69) is 52.6 Å². The summed E-state index contributed by atoms with van der Waals surface area (Å²) in [6, 6.07) is 7.86. The van der Waals surface area contributed by atoms with Crippen LogP contribution in [-0.2, 0) is 7.05 Å². The average molecular weight is 389 g/mol. The van der Waals surface area contributed by atoms with Crippen molar-refractivity contribution in [3.8, 4) is 11.3 Å². The molecule has 0 bridgehead atoms. The van der Waals surface area contributed by atoms with Crippen molar-refractivity contribution in [1.29, 1.82) is 0 Å². The van der Waals surface area contributed by atoms with Gasteiger partial charge in [-0.3, -0.25) is 9.48 Å². The number of pyridine rings is 1. The third-order valence-electron chi connectivity index (χ3n) is 5.10. The molecule has 148 valence electrons. The maximum atomic E-state index is 13.2. The van der Waals surface area contributed by atoms with Gasteiger partial charge in [0.2, 0.25) is 0 Å². The minimum absolute atomic E-state index is 0.145. The summed E-state index contributed by atoms with van der Waals surface area (Å²) in [5.41, 5.74) is 6.32. The van der Waals surface area contributed by atoms with Crippen LogP contribution < -0.4 is 5.32 Å². The highest BCUT2D eigenvalue weighted by Gasteiger charge is 2.21. The molecule has 0 aliphatic rings. The van der Waals surface area contributed by atoms with Gasteiger partial charge in [0.05, 0.1) is 34.6 Å². The number of rotatable bonds is 4. The summed E-state index contributed by atoms with van der Waals surface area (Å²) in [6.45, 7) is 7.90. The van der Waals surface area contributed by atoms with E-state index >= 15 is 0 Å². The van der Waals surface area contributed by atoms with Crippen molar-refractivity contribution < 1.29 is 9.32 Å². The molecule has 0 saturated carbocycles. The molecule has 0 aliphatic carbocycles. The van der Waals surface area contributed by atoms with Crippen molar-refractivity contribution in [2.24, 2.45) is 7.05 Å². The van der Waals surface area contributed by atoms with Crippen molar-refractivity contribution in [1.82, 2.24) is 25.2 Å². The third kappa shape index (κ3) is 3.51. The number of hydrogen-bond acceptors (Lipinski definition) is 5. The first-order valence-corrected chi connectivity index (χ1v) is 9.47. The molecule has 0 fully saturated rings. The van der Waals surface area contributed by atoms with Crippen LogP contribution in [0.3, 0.4) is 0 Å². The highest BCUT2D eigenvalue weighted by Crippen LogP contribution is 2.27. The van der Waals surface area contributed by atoms with Gasteiger partial charge in [0, 0.05) is 18.8 Å².